The number of carbonyl (C=O) groups excluding carboxylic acids is 3. The average Bonchev–Trinajstić information content (AvgIpc) is 3.59. The quantitative estimate of drug-likeness (QED) is 0.0775. The van der Waals surface area contributed by atoms with Crippen LogP contribution in [0.1, 0.15) is 21.9 Å². The highest BCUT2D eigenvalue weighted by Crippen LogP contribution is 2.40. The van der Waals surface area contributed by atoms with Crippen LogP contribution in [0.15, 0.2) is 46.3 Å². The molecule has 3 amide bonds. The van der Waals surface area contributed by atoms with Gasteiger partial charge in [-0.25, -0.2) is 4.98 Å². The summed E-state index contributed by atoms with van der Waals surface area (Å²) in [4.78, 5) is 45.3. The number of nitrogens with one attached hydrogen (secondary N) is 2. The highest BCUT2D eigenvalue weighted by molar-refractivity contribution is 7.13. The Morgan fingerprint density at radius 2 is 1.87 bits per heavy atom. The van der Waals surface area contributed by atoms with E-state index >= 15 is 0 Å². The molecular weight excluding hydrogens is 661 g/mol. The van der Waals surface area contributed by atoms with Crippen LogP contribution in [0, 0.1) is 0 Å². The number of aromatic nitrogens is 2. The predicted octanol–water partition coefficient (Wildman–Crippen LogP) is -0.506. The van der Waals surface area contributed by atoms with Crippen LogP contribution in [0.25, 0.3) is 21.5 Å². The number of carbonyl (C=O) groups is 3. The number of thiazole rings is 1. The number of amides is 3. The third kappa shape index (κ3) is 6.95. The van der Waals surface area contributed by atoms with Crippen molar-refractivity contribution in [1.29, 1.82) is 0 Å². The second-order valence-electron chi connectivity index (χ2n) is 9.84. The molecule has 0 saturated heterocycles. The summed E-state index contributed by atoms with van der Waals surface area (Å²) in [6.45, 7) is -1.86. The Hall–Kier alpha value is -4.90. The maximum absolute atomic E-state index is 13.9. The molecule has 5 rings (SSSR count). The SMILES string of the molecule is O=CNCc1ncccc1NC1COc2c(oc3cc(-c4nc(C(F)(F)F)cs4)ccc23)C(=O)N1CC(=O)N(C(O)(O)O)C(O)(O)O. The lowest BCUT2D eigenvalue weighted by Crippen LogP contribution is -2.66. The zero-order chi connectivity index (χ0) is 34.3. The topological polar surface area (TPSA) is 251 Å². The van der Waals surface area contributed by atoms with Gasteiger partial charge in [-0.15, -0.1) is 11.3 Å². The lowest BCUT2D eigenvalue weighted by atomic mass is 10.1. The maximum Gasteiger partial charge on any atom is 0.434 e. The summed E-state index contributed by atoms with van der Waals surface area (Å²) in [7, 11) is 0. The zero-order valence-corrected chi connectivity index (χ0v) is 24.2. The summed E-state index contributed by atoms with van der Waals surface area (Å²) in [5.41, 5.74) is -0.449. The maximum atomic E-state index is 13.9. The Bertz CT molecular complexity index is 1800. The van der Waals surface area contributed by atoms with Gasteiger partial charge in [0.2, 0.25) is 12.2 Å². The van der Waals surface area contributed by atoms with Crippen LogP contribution in [0.4, 0.5) is 18.9 Å². The fourth-order valence-corrected chi connectivity index (χ4v) is 5.46. The number of nitrogens with zero attached hydrogens (tertiary/aromatic N) is 4. The van der Waals surface area contributed by atoms with Gasteiger partial charge in [-0.05, 0) is 24.3 Å². The molecule has 1 unspecified atom stereocenters. The number of halogens is 3. The fraction of sp³-hybridized carbons (Fsp3) is 0.269. The Morgan fingerprint density at radius 1 is 1.15 bits per heavy atom. The van der Waals surface area contributed by atoms with E-state index in [2.05, 4.69) is 20.6 Å². The van der Waals surface area contributed by atoms with E-state index in [9.17, 15) is 58.2 Å². The molecule has 47 heavy (non-hydrogen) atoms. The first-order valence-corrected chi connectivity index (χ1v) is 13.9. The minimum Gasteiger partial charge on any atom is -0.485 e. The van der Waals surface area contributed by atoms with Crippen LogP contribution in [-0.2, 0) is 22.3 Å². The van der Waals surface area contributed by atoms with E-state index in [-0.39, 0.29) is 45.2 Å². The van der Waals surface area contributed by atoms with Crippen molar-refractivity contribution in [3.8, 4) is 16.3 Å². The summed E-state index contributed by atoms with van der Waals surface area (Å²) in [6.07, 6.45) is -12.9. The normalized spacial score (nSPS) is 15.6. The number of benzene rings is 1. The molecule has 4 heterocycles. The van der Waals surface area contributed by atoms with Gasteiger partial charge in [0.1, 0.15) is 29.9 Å². The summed E-state index contributed by atoms with van der Waals surface area (Å²) in [6, 6.07) is 7.12. The molecule has 250 valence electrons. The van der Waals surface area contributed by atoms with Crippen molar-refractivity contribution in [3.05, 3.63) is 59.1 Å². The number of aliphatic hydroxyl groups is 6. The fourth-order valence-electron chi connectivity index (χ4n) is 4.63. The van der Waals surface area contributed by atoms with Gasteiger partial charge in [-0.2, -0.15) is 18.1 Å². The van der Waals surface area contributed by atoms with Crippen LogP contribution in [-0.4, -0.2) is 100 Å². The van der Waals surface area contributed by atoms with Crippen LogP contribution in [0.2, 0.25) is 0 Å². The number of ether oxygens (including phenoxy) is 1. The van der Waals surface area contributed by atoms with Gasteiger partial charge in [0, 0.05) is 17.1 Å². The molecule has 0 spiro atoms. The van der Waals surface area contributed by atoms with E-state index in [1.165, 1.54) is 36.5 Å². The molecule has 3 aromatic heterocycles. The van der Waals surface area contributed by atoms with Crippen LogP contribution in [0.3, 0.4) is 0 Å². The van der Waals surface area contributed by atoms with E-state index in [1.54, 1.807) is 0 Å². The standard InChI is InChI=1S/C26H23F3N6O11S/c27-24(28,29)17-10-47-22(33-17)12-3-4-13-16(6-12)46-21-20(13)45-9-18(32-14-2-1-5-31-15(14)7-30-11-36)34(23(21)38)8-19(37)35(25(39,40)41)26(42,43)44/h1-6,10-11,18,32,39-44H,7-9H2,(H,30,36). The average molecular weight is 685 g/mol. The Labute approximate surface area is 263 Å². The van der Waals surface area contributed by atoms with Crippen molar-refractivity contribution < 1.29 is 67.3 Å². The Morgan fingerprint density at radius 3 is 2.51 bits per heavy atom. The zero-order valence-electron chi connectivity index (χ0n) is 23.4. The van der Waals surface area contributed by atoms with Crippen molar-refractivity contribution in [2.45, 2.75) is 31.1 Å². The number of hydrogen-bond acceptors (Lipinski definition) is 15. The van der Waals surface area contributed by atoms with E-state index in [1.807, 2.05) is 0 Å². The lowest BCUT2D eigenvalue weighted by Gasteiger charge is -2.37. The third-order valence-corrected chi connectivity index (χ3v) is 7.51. The number of pyridine rings is 1. The van der Waals surface area contributed by atoms with Gasteiger partial charge >= 0.3 is 18.4 Å². The molecule has 0 aliphatic carbocycles. The van der Waals surface area contributed by atoms with Crippen molar-refractivity contribution in [2.75, 3.05) is 18.5 Å². The van der Waals surface area contributed by atoms with Gasteiger partial charge in [0.15, 0.2) is 11.4 Å². The minimum absolute atomic E-state index is 0.00743. The van der Waals surface area contributed by atoms with Crippen LogP contribution < -0.4 is 15.4 Å². The molecule has 0 fully saturated rings. The van der Waals surface area contributed by atoms with Crippen molar-refractivity contribution >= 4 is 46.2 Å². The molecule has 1 aliphatic heterocycles. The second kappa shape index (κ2) is 12.4. The third-order valence-electron chi connectivity index (χ3n) is 6.62. The van der Waals surface area contributed by atoms with Gasteiger partial charge in [0.25, 0.3) is 11.8 Å². The molecular formula is C26H23F3N6O11S. The highest BCUT2D eigenvalue weighted by Gasteiger charge is 2.49. The van der Waals surface area contributed by atoms with Gasteiger partial charge in [-0.1, -0.05) is 6.07 Å². The molecule has 17 nitrogen and oxygen atoms in total. The summed E-state index contributed by atoms with van der Waals surface area (Å²) < 4.78 is 50.9. The molecule has 21 heteroatoms. The van der Waals surface area contributed by atoms with Crippen molar-refractivity contribution in [3.63, 3.8) is 0 Å². The molecule has 1 atom stereocenters. The van der Waals surface area contributed by atoms with E-state index < -0.39 is 65.9 Å². The van der Waals surface area contributed by atoms with E-state index in [0.717, 1.165) is 5.38 Å². The number of alkyl halides is 3. The van der Waals surface area contributed by atoms with Crippen molar-refractivity contribution in [2.24, 2.45) is 0 Å². The van der Waals surface area contributed by atoms with Gasteiger partial charge < -0.3 is 55.3 Å². The number of fused-ring (bicyclic) bond motifs is 3. The molecule has 8 N–H and O–H groups in total. The first-order valence-electron chi connectivity index (χ1n) is 13.1. The largest absolute Gasteiger partial charge is 0.485 e. The first-order chi connectivity index (χ1) is 22.0. The second-order valence-corrected chi connectivity index (χ2v) is 10.7. The summed E-state index contributed by atoms with van der Waals surface area (Å²) in [5.74, 6) is -3.62. The molecule has 4 aromatic rings. The Balaban J connectivity index is 1.54. The van der Waals surface area contributed by atoms with Crippen LogP contribution >= 0.6 is 11.3 Å². The van der Waals surface area contributed by atoms with E-state index in [0.29, 0.717) is 22.6 Å². The van der Waals surface area contributed by atoms with Crippen molar-refractivity contribution in [1.82, 2.24) is 25.1 Å². The minimum atomic E-state index is -4.67. The first kappa shape index (κ1) is 33.5. The van der Waals surface area contributed by atoms with E-state index in [4.69, 9.17) is 9.15 Å². The monoisotopic (exact) mass is 684 g/mol. The molecule has 1 aliphatic rings. The summed E-state index contributed by atoms with van der Waals surface area (Å²) in [5, 5.41) is 63.5. The molecule has 0 radical (unpaired) electrons. The number of furan rings is 1. The lowest BCUT2D eigenvalue weighted by molar-refractivity contribution is -0.494. The number of rotatable bonds is 10. The van der Waals surface area contributed by atoms with Gasteiger partial charge in [0.05, 0.1) is 23.3 Å². The highest BCUT2D eigenvalue weighted by atomic mass is 32.1. The predicted molar refractivity (Wildman–Crippen MR) is 149 cm³/mol. The number of anilines is 1. The van der Waals surface area contributed by atoms with Crippen LogP contribution in [0.5, 0.6) is 5.75 Å². The molecule has 0 saturated carbocycles. The molecule has 1 aromatic carbocycles. The van der Waals surface area contributed by atoms with Gasteiger partial charge in [-0.3, -0.25) is 19.4 Å². The smallest absolute Gasteiger partial charge is 0.434 e. The Kier molecular flexibility index (Phi) is 8.81. The molecule has 0 bridgehead atoms. The summed E-state index contributed by atoms with van der Waals surface area (Å²) >= 11 is 0.717. The number of hydrogen-bond donors (Lipinski definition) is 8.